The minimum atomic E-state index is 0.835. The first-order valence-corrected chi connectivity index (χ1v) is 7.44. The molecule has 0 saturated heterocycles. The summed E-state index contributed by atoms with van der Waals surface area (Å²) < 4.78 is 2.21. The molecule has 0 radical (unpaired) electrons. The lowest BCUT2D eigenvalue weighted by atomic mass is 10.1. The molecule has 2 aromatic carbocycles. The Labute approximate surface area is 129 Å². The SMILES string of the molecule is Cc1ccccc1Cn1cncc1-c1c[nH]c2ccccc12. The first-order valence-electron chi connectivity index (χ1n) is 7.44. The van der Waals surface area contributed by atoms with Crippen molar-refractivity contribution in [3.05, 3.63) is 78.4 Å². The summed E-state index contributed by atoms with van der Waals surface area (Å²) in [6.07, 6.45) is 5.91. The Bertz CT molecular complexity index is 930. The van der Waals surface area contributed by atoms with Crippen LogP contribution in [0.4, 0.5) is 0 Å². The molecular weight excluding hydrogens is 270 g/mol. The topological polar surface area (TPSA) is 33.6 Å². The molecule has 0 atom stereocenters. The minimum absolute atomic E-state index is 0.835. The fraction of sp³-hybridized carbons (Fsp3) is 0.105. The predicted octanol–water partition coefficient (Wildman–Crippen LogP) is 4.39. The number of imidazole rings is 1. The fourth-order valence-corrected chi connectivity index (χ4v) is 2.93. The summed E-state index contributed by atoms with van der Waals surface area (Å²) in [7, 11) is 0. The third-order valence-corrected chi connectivity index (χ3v) is 4.18. The van der Waals surface area contributed by atoms with Crippen LogP contribution in [0.25, 0.3) is 22.2 Å². The van der Waals surface area contributed by atoms with E-state index in [0.29, 0.717) is 0 Å². The van der Waals surface area contributed by atoms with Crippen LogP contribution in [0, 0.1) is 6.92 Å². The van der Waals surface area contributed by atoms with Crippen molar-refractivity contribution in [2.45, 2.75) is 13.5 Å². The summed E-state index contributed by atoms with van der Waals surface area (Å²) in [5, 5.41) is 1.23. The number of hydrogen-bond donors (Lipinski definition) is 1. The molecule has 108 valence electrons. The Hall–Kier alpha value is -2.81. The minimum Gasteiger partial charge on any atom is -0.360 e. The number of aryl methyl sites for hydroxylation is 1. The predicted molar refractivity (Wildman–Crippen MR) is 89.8 cm³/mol. The van der Waals surface area contributed by atoms with Crippen molar-refractivity contribution in [1.82, 2.24) is 14.5 Å². The molecule has 4 rings (SSSR count). The third-order valence-electron chi connectivity index (χ3n) is 4.18. The number of nitrogens with zero attached hydrogens (tertiary/aromatic N) is 2. The molecule has 0 fully saturated rings. The van der Waals surface area contributed by atoms with Crippen LogP contribution < -0.4 is 0 Å². The van der Waals surface area contributed by atoms with E-state index in [2.05, 4.69) is 70.1 Å². The zero-order valence-corrected chi connectivity index (χ0v) is 12.5. The second-order valence-corrected chi connectivity index (χ2v) is 5.58. The van der Waals surface area contributed by atoms with Gasteiger partial charge >= 0.3 is 0 Å². The number of aromatic nitrogens is 3. The lowest BCUT2D eigenvalue weighted by Crippen LogP contribution is -2.01. The Morgan fingerprint density at radius 3 is 2.77 bits per heavy atom. The number of benzene rings is 2. The monoisotopic (exact) mass is 287 g/mol. The number of hydrogen-bond acceptors (Lipinski definition) is 1. The molecule has 0 aliphatic heterocycles. The van der Waals surface area contributed by atoms with E-state index in [4.69, 9.17) is 0 Å². The van der Waals surface area contributed by atoms with Crippen LogP contribution in [0.1, 0.15) is 11.1 Å². The van der Waals surface area contributed by atoms with E-state index in [9.17, 15) is 0 Å². The lowest BCUT2D eigenvalue weighted by Gasteiger charge is -2.10. The summed E-state index contributed by atoms with van der Waals surface area (Å²) >= 11 is 0. The largest absolute Gasteiger partial charge is 0.360 e. The van der Waals surface area contributed by atoms with Gasteiger partial charge in [0.2, 0.25) is 0 Å². The van der Waals surface area contributed by atoms with Gasteiger partial charge in [0.05, 0.1) is 18.2 Å². The van der Waals surface area contributed by atoms with Crippen LogP contribution in [0.15, 0.2) is 67.3 Å². The van der Waals surface area contributed by atoms with Gasteiger partial charge in [0, 0.05) is 29.2 Å². The van der Waals surface area contributed by atoms with Crippen LogP contribution in [0.2, 0.25) is 0 Å². The molecule has 0 aliphatic rings. The quantitative estimate of drug-likeness (QED) is 0.595. The number of aromatic amines is 1. The van der Waals surface area contributed by atoms with Gasteiger partial charge < -0.3 is 9.55 Å². The Morgan fingerprint density at radius 2 is 1.86 bits per heavy atom. The maximum Gasteiger partial charge on any atom is 0.0954 e. The van der Waals surface area contributed by atoms with Gasteiger partial charge in [-0.05, 0) is 24.1 Å². The summed E-state index contributed by atoms with van der Waals surface area (Å²) in [5.74, 6) is 0. The van der Waals surface area contributed by atoms with E-state index in [1.807, 2.05) is 18.6 Å². The average Bonchev–Trinajstić information content (AvgIpc) is 3.16. The van der Waals surface area contributed by atoms with Gasteiger partial charge in [0.25, 0.3) is 0 Å². The summed E-state index contributed by atoms with van der Waals surface area (Å²) in [4.78, 5) is 7.70. The van der Waals surface area contributed by atoms with Crippen molar-refractivity contribution < 1.29 is 0 Å². The van der Waals surface area contributed by atoms with Crippen LogP contribution in [-0.4, -0.2) is 14.5 Å². The molecule has 0 aliphatic carbocycles. The molecule has 1 N–H and O–H groups in total. The summed E-state index contributed by atoms with van der Waals surface area (Å²) in [6.45, 7) is 2.99. The standard InChI is InChI=1S/C19H17N3/c1-14-6-2-3-7-15(14)12-22-13-20-11-19(22)17-10-21-18-9-5-4-8-16(17)18/h2-11,13,21H,12H2,1H3. The van der Waals surface area contributed by atoms with Gasteiger partial charge in [-0.2, -0.15) is 0 Å². The fourth-order valence-electron chi connectivity index (χ4n) is 2.93. The molecule has 22 heavy (non-hydrogen) atoms. The molecule has 3 nitrogen and oxygen atoms in total. The van der Waals surface area contributed by atoms with Crippen LogP contribution in [0.3, 0.4) is 0 Å². The molecule has 0 unspecified atom stereocenters. The van der Waals surface area contributed by atoms with Crippen molar-refractivity contribution >= 4 is 10.9 Å². The van der Waals surface area contributed by atoms with Crippen molar-refractivity contribution in [2.24, 2.45) is 0 Å². The zero-order valence-electron chi connectivity index (χ0n) is 12.5. The number of rotatable bonds is 3. The van der Waals surface area contributed by atoms with Gasteiger partial charge in [-0.1, -0.05) is 42.5 Å². The van der Waals surface area contributed by atoms with Crippen LogP contribution in [0.5, 0.6) is 0 Å². The molecule has 3 heteroatoms. The highest BCUT2D eigenvalue weighted by Gasteiger charge is 2.11. The van der Waals surface area contributed by atoms with Crippen molar-refractivity contribution in [1.29, 1.82) is 0 Å². The van der Waals surface area contributed by atoms with Gasteiger partial charge in [-0.25, -0.2) is 4.98 Å². The summed E-state index contributed by atoms with van der Waals surface area (Å²) in [5.41, 5.74) is 6.12. The van der Waals surface area contributed by atoms with E-state index < -0.39 is 0 Å². The van der Waals surface area contributed by atoms with Crippen molar-refractivity contribution in [3.8, 4) is 11.3 Å². The lowest BCUT2D eigenvalue weighted by molar-refractivity contribution is 0.800. The normalized spacial score (nSPS) is 11.1. The maximum absolute atomic E-state index is 4.36. The smallest absolute Gasteiger partial charge is 0.0954 e. The second kappa shape index (κ2) is 5.19. The first kappa shape index (κ1) is 12.9. The highest BCUT2D eigenvalue weighted by Crippen LogP contribution is 2.28. The van der Waals surface area contributed by atoms with Gasteiger partial charge in [-0.15, -0.1) is 0 Å². The molecule has 4 aromatic rings. The van der Waals surface area contributed by atoms with Gasteiger partial charge in [-0.3, -0.25) is 0 Å². The molecule has 2 heterocycles. The van der Waals surface area contributed by atoms with Gasteiger partial charge in [0.1, 0.15) is 0 Å². The highest BCUT2D eigenvalue weighted by molar-refractivity contribution is 5.94. The maximum atomic E-state index is 4.36. The van der Waals surface area contributed by atoms with Crippen molar-refractivity contribution in [3.63, 3.8) is 0 Å². The Balaban J connectivity index is 1.79. The summed E-state index contributed by atoms with van der Waals surface area (Å²) in [6, 6.07) is 16.9. The van der Waals surface area contributed by atoms with Crippen LogP contribution >= 0.6 is 0 Å². The van der Waals surface area contributed by atoms with Crippen LogP contribution in [-0.2, 0) is 6.54 Å². The highest BCUT2D eigenvalue weighted by atomic mass is 15.0. The molecule has 2 aromatic heterocycles. The van der Waals surface area contributed by atoms with E-state index in [0.717, 1.165) is 17.8 Å². The Morgan fingerprint density at radius 1 is 1.05 bits per heavy atom. The molecule has 0 amide bonds. The zero-order chi connectivity index (χ0) is 14.9. The molecule has 0 spiro atoms. The van der Waals surface area contributed by atoms with E-state index >= 15 is 0 Å². The third kappa shape index (κ3) is 2.11. The van der Waals surface area contributed by atoms with Crippen molar-refractivity contribution in [2.75, 3.05) is 0 Å². The van der Waals surface area contributed by atoms with E-state index in [1.54, 1.807) is 0 Å². The Kier molecular flexibility index (Phi) is 3.04. The number of fused-ring (bicyclic) bond motifs is 1. The van der Waals surface area contributed by atoms with E-state index in [1.165, 1.54) is 22.1 Å². The average molecular weight is 287 g/mol. The van der Waals surface area contributed by atoms with Gasteiger partial charge in [0.15, 0.2) is 0 Å². The number of nitrogens with one attached hydrogen (secondary N) is 1. The van der Waals surface area contributed by atoms with E-state index in [-0.39, 0.29) is 0 Å². The molecule has 0 bridgehead atoms. The number of H-pyrrole nitrogens is 1. The second-order valence-electron chi connectivity index (χ2n) is 5.58. The molecule has 0 saturated carbocycles. The number of para-hydroxylation sites is 1. The molecular formula is C19H17N3. The first-order chi connectivity index (χ1) is 10.8.